The minimum absolute atomic E-state index is 0.105. The van der Waals surface area contributed by atoms with Crippen LogP contribution in [0.4, 0.5) is 11.4 Å². The predicted molar refractivity (Wildman–Crippen MR) is 63.3 cm³/mol. The Kier molecular flexibility index (Phi) is 2.82. The fraction of sp³-hybridized carbons (Fsp3) is 0.500. The molecule has 0 spiro atoms. The topological polar surface area (TPSA) is 35.5 Å². The number of nitrogens with zero attached hydrogens (tertiary/aromatic N) is 1. The summed E-state index contributed by atoms with van der Waals surface area (Å²) in [5.74, 6) is 0. The van der Waals surface area contributed by atoms with E-state index in [0.717, 1.165) is 24.3 Å². The Labute approximate surface area is 90.7 Å². The van der Waals surface area contributed by atoms with Crippen LogP contribution in [0.1, 0.15) is 19.4 Å². The molecule has 1 unspecified atom stereocenters. The average molecular weight is 206 g/mol. The van der Waals surface area contributed by atoms with Gasteiger partial charge in [-0.05, 0) is 19.9 Å². The van der Waals surface area contributed by atoms with Crippen molar-refractivity contribution in [2.45, 2.75) is 26.5 Å². The molecule has 82 valence electrons. The van der Waals surface area contributed by atoms with Crippen molar-refractivity contribution in [3.05, 3.63) is 23.8 Å². The predicted octanol–water partition coefficient (Wildman–Crippen LogP) is 1.82. The zero-order chi connectivity index (χ0) is 10.8. The van der Waals surface area contributed by atoms with Crippen molar-refractivity contribution in [3.63, 3.8) is 0 Å². The molecule has 3 nitrogen and oxygen atoms in total. The van der Waals surface area contributed by atoms with Crippen LogP contribution in [-0.2, 0) is 6.61 Å². The molecule has 0 amide bonds. The maximum atomic E-state index is 9.34. The fourth-order valence-corrected chi connectivity index (χ4v) is 2.26. The normalized spacial score (nSPS) is 19.7. The van der Waals surface area contributed by atoms with E-state index < -0.39 is 0 Å². The number of benzene rings is 1. The summed E-state index contributed by atoms with van der Waals surface area (Å²) in [5, 5.41) is 12.7. The molecule has 1 aromatic rings. The smallest absolute Gasteiger partial charge is 0.0702 e. The first-order chi connectivity index (χ1) is 7.27. The number of aliphatic hydroxyl groups excluding tert-OH is 1. The molecule has 1 aromatic carbocycles. The lowest BCUT2D eigenvalue weighted by molar-refractivity contribution is 0.282. The molecular formula is C12H18N2O. The molecule has 1 aliphatic heterocycles. The maximum absolute atomic E-state index is 9.34. The molecule has 0 radical (unpaired) electrons. The number of likely N-dealkylation sites (N-methyl/N-ethyl adjacent to an activating group) is 1. The molecule has 0 fully saturated rings. The largest absolute Gasteiger partial charge is 0.392 e. The highest BCUT2D eigenvalue weighted by Gasteiger charge is 2.23. The number of rotatable bonds is 2. The van der Waals surface area contributed by atoms with E-state index in [9.17, 15) is 5.11 Å². The van der Waals surface area contributed by atoms with Crippen LogP contribution < -0.4 is 10.2 Å². The first kappa shape index (κ1) is 10.3. The molecule has 1 aliphatic rings. The van der Waals surface area contributed by atoms with E-state index in [0.29, 0.717) is 6.04 Å². The van der Waals surface area contributed by atoms with Crippen molar-refractivity contribution in [1.29, 1.82) is 0 Å². The minimum Gasteiger partial charge on any atom is -0.392 e. The van der Waals surface area contributed by atoms with Crippen LogP contribution in [0.5, 0.6) is 0 Å². The summed E-state index contributed by atoms with van der Waals surface area (Å²) in [6.45, 7) is 6.41. The van der Waals surface area contributed by atoms with Crippen LogP contribution in [0.15, 0.2) is 18.2 Å². The van der Waals surface area contributed by atoms with Crippen LogP contribution >= 0.6 is 0 Å². The van der Waals surface area contributed by atoms with Crippen molar-refractivity contribution in [1.82, 2.24) is 0 Å². The van der Waals surface area contributed by atoms with Crippen LogP contribution in [0, 0.1) is 0 Å². The lowest BCUT2D eigenvalue weighted by Crippen LogP contribution is -2.42. The molecule has 1 atom stereocenters. The molecule has 0 aliphatic carbocycles. The number of fused-ring (bicyclic) bond motifs is 1. The summed E-state index contributed by atoms with van der Waals surface area (Å²) in [5.41, 5.74) is 3.32. The lowest BCUT2D eigenvalue weighted by Gasteiger charge is -2.38. The molecule has 1 heterocycles. The van der Waals surface area contributed by atoms with Gasteiger partial charge in [0.15, 0.2) is 0 Å². The summed E-state index contributed by atoms with van der Waals surface area (Å²) in [7, 11) is 0. The Morgan fingerprint density at radius 2 is 2.33 bits per heavy atom. The second-order valence-corrected chi connectivity index (χ2v) is 3.99. The molecule has 15 heavy (non-hydrogen) atoms. The van der Waals surface area contributed by atoms with E-state index in [2.05, 4.69) is 30.1 Å². The lowest BCUT2D eigenvalue weighted by atomic mass is 10.1. The third-order valence-electron chi connectivity index (χ3n) is 3.04. The van der Waals surface area contributed by atoms with Gasteiger partial charge >= 0.3 is 0 Å². The van der Waals surface area contributed by atoms with Gasteiger partial charge in [0.1, 0.15) is 0 Å². The van der Waals surface area contributed by atoms with Gasteiger partial charge in [-0.25, -0.2) is 0 Å². The average Bonchev–Trinajstić information content (AvgIpc) is 2.28. The number of anilines is 2. The van der Waals surface area contributed by atoms with Crippen molar-refractivity contribution in [2.24, 2.45) is 0 Å². The minimum atomic E-state index is 0.105. The molecular weight excluding hydrogens is 188 g/mol. The van der Waals surface area contributed by atoms with Crippen molar-refractivity contribution >= 4 is 11.4 Å². The second kappa shape index (κ2) is 4.11. The summed E-state index contributed by atoms with van der Waals surface area (Å²) in [4.78, 5) is 2.34. The zero-order valence-electron chi connectivity index (χ0n) is 9.33. The van der Waals surface area contributed by atoms with E-state index in [1.165, 1.54) is 5.69 Å². The summed E-state index contributed by atoms with van der Waals surface area (Å²) in [6, 6.07) is 6.53. The molecule has 2 rings (SSSR count). The Bertz CT molecular complexity index is 337. The fourth-order valence-electron chi connectivity index (χ4n) is 2.26. The Hall–Kier alpha value is -1.22. The van der Waals surface area contributed by atoms with Crippen LogP contribution in [-0.4, -0.2) is 24.2 Å². The number of nitrogens with one attached hydrogen (secondary N) is 1. The van der Waals surface area contributed by atoms with Crippen molar-refractivity contribution in [2.75, 3.05) is 23.3 Å². The van der Waals surface area contributed by atoms with E-state index >= 15 is 0 Å². The number of aliphatic hydroxyl groups is 1. The highest BCUT2D eigenvalue weighted by molar-refractivity contribution is 5.76. The molecule has 0 saturated carbocycles. The monoisotopic (exact) mass is 206 g/mol. The number of hydrogen-bond donors (Lipinski definition) is 2. The van der Waals surface area contributed by atoms with E-state index in [1.807, 2.05) is 12.1 Å². The molecule has 2 N–H and O–H groups in total. The van der Waals surface area contributed by atoms with Gasteiger partial charge in [0, 0.05) is 24.7 Å². The third-order valence-corrected chi connectivity index (χ3v) is 3.04. The maximum Gasteiger partial charge on any atom is 0.0702 e. The van der Waals surface area contributed by atoms with Gasteiger partial charge in [-0.1, -0.05) is 12.1 Å². The molecule has 0 saturated heterocycles. The summed E-state index contributed by atoms with van der Waals surface area (Å²) >= 11 is 0. The first-order valence-electron chi connectivity index (χ1n) is 5.51. The van der Waals surface area contributed by atoms with Crippen LogP contribution in [0.2, 0.25) is 0 Å². The van der Waals surface area contributed by atoms with Gasteiger partial charge in [0.25, 0.3) is 0 Å². The first-order valence-corrected chi connectivity index (χ1v) is 5.51. The third kappa shape index (κ3) is 1.67. The van der Waals surface area contributed by atoms with Gasteiger partial charge in [0.2, 0.25) is 0 Å². The van der Waals surface area contributed by atoms with Gasteiger partial charge < -0.3 is 15.3 Å². The van der Waals surface area contributed by atoms with E-state index in [1.54, 1.807) is 0 Å². The molecule has 3 heteroatoms. The van der Waals surface area contributed by atoms with Crippen molar-refractivity contribution in [3.8, 4) is 0 Å². The van der Waals surface area contributed by atoms with Gasteiger partial charge in [-0.15, -0.1) is 0 Å². The summed E-state index contributed by atoms with van der Waals surface area (Å²) < 4.78 is 0. The van der Waals surface area contributed by atoms with Crippen molar-refractivity contribution < 1.29 is 5.11 Å². The van der Waals surface area contributed by atoms with E-state index in [4.69, 9.17) is 0 Å². The zero-order valence-corrected chi connectivity index (χ0v) is 9.33. The number of hydrogen-bond acceptors (Lipinski definition) is 3. The highest BCUT2D eigenvalue weighted by atomic mass is 16.3. The van der Waals surface area contributed by atoms with Crippen LogP contribution in [0.25, 0.3) is 0 Å². The van der Waals surface area contributed by atoms with Gasteiger partial charge in [0.05, 0.1) is 18.0 Å². The standard InChI is InChI=1S/C12H18N2O/c1-3-14-9(2)7-13-11-6-4-5-10(8-15)12(11)14/h4-6,9,13,15H,3,7-8H2,1-2H3. The quantitative estimate of drug-likeness (QED) is 0.774. The Morgan fingerprint density at radius 1 is 1.53 bits per heavy atom. The SMILES string of the molecule is CCN1c2c(CO)cccc2NCC1C. The van der Waals surface area contributed by atoms with Gasteiger partial charge in [-0.3, -0.25) is 0 Å². The Morgan fingerprint density at radius 3 is 3.00 bits per heavy atom. The molecule has 0 aromatic heterocycles. The van der Waals surface area contributed by atoms with Crippen LogP contribution in [0.3, 0.4) is 0 Å². The second-order valence-electron chi connectivity index (χ2n) is 3.99. The Balaban J connectivity index is 2.49. The molecule has 0 bridgehead atoms. The number of para-hydroxylation sites is 1. The van der Waals surface area contributed by atoms with Gasteiger partial charge in [-0.2, -0.15) is 0 Å². The van der Waals surface area contributed by atoms with E-state index in [-0.39, 0.29) is 6.61 Å². The highest BCUT2D eigenvalue weighted by Crippen LogP contribution is 2.34. The summed E-state index contributed by atoms with van der Waals surface area (Å²) in [6.07, 6.45) is 0.